The molecule has 0 saturated carbocycles. The topological polar surface area (TPSA) is 237 Å². The molecule has 0 aromatic carbocycles. The Morgan fingerprint density at radius 2 is 0.554 bits per heavy atom. The fraction of sp³-hybridized carbons (Fsp3) is 0.945. The number of ether oxygens (including phenoxy) is 4. The second-order valence-electron chi connectivity index (χ2n) is 27.5. The number of hydrogen-bond donors (Lipinski definition) is 3. The van der Waals surface area contributed by atoms with Gasteiger partial charge in [0.05, 0.1) is 26.4 Å². The van der Waals surface area contributed by atoms with Crippen LogP contribution in [0.5, 0.6) is 0 Å². The molecule has 0 aliphatic heterocycles. The van der Waals surface area contributed by atoms with Crippen molar-refractivity contribution >= 4 is 39.5 Å². The van der Waals surface area contributed by atoms with E-state index < -0.39 is 97.5 Å². The van der Waals surface area contributed by atoms with Crippen molar-refractivity contribution in [2.45, 2.75) is 388 Å². The molecule has 0 aromatic rings. The number of phosphoric acid groups is 2. The average molecular weight is 1350 g/mol. The Kier molecular flexibility index (Phi) is 62.4. The van der Waals surface area contributed by atoms with E-state index in [-0.39, 0.29) is 25.7 Å². The molecule has 0 spiro atoms. The quantitative estimate of drug-likeness (QED) is 0.0222. The summed E-state index contributed by atoms with van der Waals surface area (Å²) in [6.45, 7) is 11.9. The summed E-state index contributed by atoms with van der Waals surface area (Å²) in [5.74, 6) is 0.192. The third-order valence-electron chi connectivity index (χ3n) is 17.2. The Morgan fingerprint density at radius 3 is 0.826 bits per heavy atom. The highest BCUT2D eigenvalue weighted by Crippen LogP contribution is 2.45. The highest BCUT2D eigenvalue weighted by Gasteiger charge is 2.30. The normalized spacial score (nSPS) is 14.4. The van der Waals surface area contributed by atoms with Gasteiger partial charge in [-0.15, -0.1) is 0 Å². The number of unbranched alkanes of at least 4 members (excludes halogenated alkanes) is 38. The second-order valence-corrected chi connectivity index (χ2v) is 30.4. The lowest BCUT2D eigenvalue weighted by atomic mass is 9.99. The Labute approximate surface area is 562 Å². The van der Waals surface area contributed by atoms with Crippen LogP contribution < -0.4 is 0 Å². The number of aliphatic hydroxyl groups excluding tert-OH is 1. The number of rotatable bonds is 71. The highest BCUT2D eigenvalue weighted by molar-refractivity contribution is 7.47. The maximum Gasteiger partial charge on any atom is 0.472 e. The lowest BCUT2D eigenvalue weighted by Crippen LogP contribution is -2.30. The van der Waals surface area contributed by atoms with Crippen LogP contribution >= 0.6 is 15.6 Å². The van der Waals surface area contributed by atoms with Crippen LogP contribution in [-0.2, 0) is 65.4 Å². The van der Waals surface area contributed by atoms with Gasteiger partial charge in [0.1, 0.15) is 19.3 Å². The summed E-state index contributed by atoms with van der Waals surface area (Å²) in [5, 5.41) is 10.6. The first-order valence-corrected chi connectivity index (χ1v) is 40.9. The van der Waals surface area contributed by atoms with Gasteiger partial charge in [-0.3, -0.25) is 37.3 Å². The molecular formula is C73H142O17P2. The lowest BCUT2D eigenvalue weighted by molar-refractivity contribution is -0.161. The highest BCUT2D eigenvalue weighted by atomic mass is 31.2. The average Bonchev–Trinajstić information content (AvgIpc) is 2.18. The maximum atomic E-state index is 13.1. The van der Waals surface area contributed by atoms with Gasteiger partial charge in [-0.25, -0.2) is 9.13 Å². The predicted molar refractivity (Wildman–Crippen MR) is 372 cm³/mol. The molecule has 0 aliphatic carbocycles. The standard InChI is InChI=1S/C73H142O17P2/c1-8-10-11-12-13-14-15-19-26-35-42-49-56-72(77)90-69(61-84-71(76)55-48-41-34-29-28-31-38-45-52-65(5)6)63-88-92(81,82)86-59-67(74)58-85-91(79,80)87-62-68(60-83-70(75)54-47-40-33-25-22-21-24-32-39-46-53-66(7)9-2)89-73(78)57-50-43-36-27-20-17-16-18-23-30-37-44-51-64(3)4/h64-69,74H,8-63H2,1-7H3,(H,79,80)(H,81,82)/t66?,67-,68-,69-/m1/s1. The molecule has 3 N–H and O–H groups in total. The van der Waals surface area contributed by atoms with Crippen molar-refractivity contribution in [3.05, 3.63) is 0 Å². The van der Waals surface area contributed by atoms with E-state index in [1.54, 1.807) is 0 Å². The van der Waals surface area contributed by atoms with Crippen LogP contribution in [0, 0.1) is 17.8 Å². The molecule has 0 radical (unpaired) electrons. The van der Waals surface area contributed by atoms with Gasteiger partial charge >= 0.3 is 39.5 Å². The molecule has 0 bridgehead atoms. The van der Waals surface area contributed by atoms with Crippen LogP contribution in [0.1, 0.15) is 370 Å². The van der Waals surface area contributed by atoms with Crippen LogP contribution in [0.25, 0.3) is 0 Å². The van der Waals surface area contributed by atoms with Gasteiger partial charge in [-0.2, -0.15) is 0 Å². The minimum Gasteiger partial charge on any atom is -0.462 e. The zero-order valence-electron chi connectivity index (χ0n) is 60.0. The summed E-state index contributed by atoms with van der Waals surface area (Å²) < 4.78 is 68.4. The van der Waals surface area contributed by atoms with E-state index in [1.807, 2.05) is 0 Å². The Bertz CT molecular complexity index is 1800. The Morgan fingerprint density at radius 1 is 0.315 bits per heavy atom. The minimum absolute atomic E-state index is 0.106. The summed E-state index contributed by atoms with van der Waals surface area (Å²) in [7, 11) is -9.91. The summed E-state index contributed by atoms with van der Waals surface area (Å²) in [5.41, 5.74) is 0. The molecule has 3 unspecified atom stereocenters. The second kappa shape index (κ2) is 63.8. The van der Waals surface area contributed by atoms with Gasteiger partial charge < -0.3 is 33.8 Å². The van der Waals surface area contributed by atoms with Gasteiger partial charge in [0, 0.05) is 25.7 Å². The first-order valence-electron chi connectivity index (χ1n) is 37.9. The van der Waals surface area contributed by atoms with E-state index in [0.717, 1.165) is 108 Å². The molecule has 92 heavy (non-hydrogen) atoms. The van der Waals surface area contributed by atoms with Crippen LogP contribution in [0.2, 0.25) is 0 Å². The van der Waals surface area contributed by atoms with Crippen LogP contribution in [0.4, 0.5) is 0 Å². The van der Waals surface area contributed by atoms with Gasteiger partial charge in [-0.05, 0) is 43.4 Å². The molecular weight excluding hydrogens is 1210 g/mol. The summed E-state index contributed by atoms with van der Waals surface area (Å²) in [4.78, 5) is 72.7. The number of aliphatic hydroxyl groups is 1. The van der Waals surface area contributed by atoms with E-state index in [2.05, 4.69) is 48.5 Å². The minimum atomic E-state index is -4.96. The number of phosphoric ester groups is 2. The Balaban J connectivity index is 5.27. The van der Waals surface area contributed by atoms with Crippen molar-refractivity contribution in [1.82, 2.24) is 0 Å². The van der Waals surface area contributed by atoms with E-state index in [0.29, 0.717) is 25.7 Å². The third kappa shape index (κ3) is 65.4. The molecule has 0 rings (SSSR count). The SMILES string of the molecule is CCCCCCCCCCCCCCC(=O)O[C@H](COC(=O)CCCCCCCCCCC(C)C)COP(=O)(O)OC[C@H](O)COP(=O)(O)OC[C@@H](COC(=O)CCCCCCCCCCCCC(C)CC)OC(=O)CCCCCCCCCCCCCCC(C)C. The van der Waals surface area contributed by atoms with Crippen molar-refractivity contribution in [2.75, 3.05) is 39.6 Å². The molecule has 0 aliphatic rings. The van der Waals surface area contributed by atoms with E-state index in [1.165, 1.54) is 180 Å². The van der Waals surface area contributed by atoms with Crippen molar-refractivity contribution in [3.8, 4) is 0 Å². The summed E-state index contributed by atoms with van der Waals surface area (Å²) in [6.07, 6.45) is 48.4. The number of esters is 4. The van der Waals surface area contributed by atoms with Crippen molar-refractivity contribution in [2.24, 2.45) is 17.8 Å². The van der Waals surface area contributed by atoms with Gasteiger partial charge in [0.15, 0.2) is 12.2 Å². The monoisotopic (exact) mass is 1350 g/mol. The summed E-state index contributed by atoms with van der Waals surface area (Å²) >= 11 is 0. The largest absolute Gasteiger partial charge is 0.472 e. The lowest BCUT2D eigenvalue weighted by Gasteiger charge is -2.21. The first kappa shape index (κ1) is 90.1. The third-order valence-corrected chi connectivity index (χ3v) is 19.1. The fourth-order valence-electron chi connectivity index (χ4n) is 11.0. The molecule has 0 aromatic heterocycles. The molecule has 0 heterocycles. The molecule has 0 amide bonds. The summed E-state index contributed by atoms with van der Waals surface area (Å²) in [6, 6.07) is 0. The van der Waals surface area contributed by atoms with Gasteiger partial charge in [0.2, 0.25) is 0 Å². The number of carbonyl (C=O) groups excluding carboxylic acids is 4. The Hall–Kier alpha value is -1.94. The first-order chi connectivity index (χ1) is 44.3. The molecule has 17 nitrogen and oxygen atoms in total. The van der Waals surface area contributed by atoms with Crippen LogP contribution in [0.3, 0.4) is 0 Å². The van der Waals surface area contributed by atoms with Gasteiger partial charge in [0.25, 0.3) is 0 Å². The number of hydrogen-bond acceptors (Lipinski definition) is 15. The van der Waals surface area contributed by atoms with Crippen molar-refractivity contribution in [1.29, 1.82) is 0 Å². The smallest absolute Gasteiger partial charge is 0.462 e. The molecule has 19 heteroatoms. The van der Waals surface area contributed by atoms with Crippen LogP contribution in [0.15, 0.2) is 0 Å². The zero-order valence-corrected chi connectivity index (χ0v) is 61.8. The maximum absolute atomic E-state index is 13.1. The van der Waals surface area contributed by atoms with E-state index in [4.69, 9.17) is 37.0 Å². The number of carbonyl (C=O) groups is 4. The van der Waals surface area contributed by atoms with Gasteiger partial charge in [-0.1, -0.05) is 318 Å². The van der Waals surface area contributed by atoms with E-state index >= 15 is 0 Å². The molecule has 0 fully saturated rings. The molecule has 546 valence electrons. The molecule has 6 atom stereocenters. The van der Waals surface area contributed by atoms with Crippen molar-refractivity contribution in [3.63, 3.8) is 0 Å². The van der Waals surface area contributed by atoms with Crippen LogP contribution in [-0.4, -0.2) is 96.7 Å². The van der Waals surface area contributed by atoms with E-state index in [9.17, 15) is 43.2 Å². The van der Waals surface area contributed by atoms with Crippen molar-refractivity contribution < 1.29 is 80.2 Å². The predicted octanol–water partition coefficient (Wildman–Crippen LogP) is 21.0. The molecule has 0 saturated heterocycles. The fourth-order valence-corrected chi connectivity index (χ4v) is 12.6. The zero-order chi connectivity index (χ0) is 68.0.